The Morgan fingerprint density at radius 2 is 1.64 bits per heavy atom. The Morgan fingerprint density at radius 1 is 0.920 bits per heavy atom. The van der Waals surface area contributed by atoms with Crippen molar-refractivity contribution in [1.29, 1.82) is 0 Å². The van der Waals surface area contributed by atoms with Crippen LogP contribution >= 0.6 is 15.9 Å². The molecule has 1 heterocycles. The van der Waals surface area contributed by atoms with Crippen molar-refractivity contribution in [3.63, 3.8) is 0 Å². The number of aromatic hydroxyl groups is 1. The lowest BCUT2D eigenvalue weighted by Crippen LogP contribution is -2.39. The topological polar surface area (TPSA) is 32.7 Å². The summed E-state index contributed by atoms with van der Waals surface area (Å²) >= 11 is 3.71. The molecule has 25 heavy (non-hydrogen) atoms. The van der Waals surface area contributed by atoms with Crippen molar-refractivity contribution < 1.29 is 9.84 Å². The molecule has 128 valence electrons. The fourth-order valence-corrected chi connectivity index (χ4v) is 4.14. The van der Waals surface area contributed by atoms with Crippen molar-refractivity contribution in [3.8, 4) is 5.75 Å². The molecule has 0 aromatic heterocycles. The van der Waals surface area contributed by atoms with Crippen molar-refractivity contribution in [3.05, 3.63) is 76.3 Å². The summed E-state index contributed by atoms with van der Waals surface area (Å²) in [6.07, 6.45) is 0. The van der Waals surface area contributed by atoms with Crippen molar-refractivity contribution in [1.82, 2.24) is 4.90 Å². The summed E-state index contributed by atoms with van der Waals surface area (Å²) in [5.74, 6) is 0.339. The van der Waals surface area contributed by atoms with Gasteiger partial charge in [-0.05, 0) is 28.5 Å². The third-order valence-corrected chi connectivity index (χ3v) is 5.55. The molecule has 1 unspecified atom stereocenters. The van der Waals surface area contributed by atoms with Gasteiger partial charge in [-0.15, -0.1) is 0 Å². The average Bonchev–Trinajstić information content (AvgIpc) is 2.66. The van der Waals surface area contributed by atoms with Crippen LogP contribution in [0.15, 0.2) is 65.1 Å². The highest BCUT2D eigenvalue weighted by atomic mass is 79.9. The number of benzene rings is 3. The first-order chi connectivity index (χ1) is 12.3. The van der Waals surface area contributed by atoms with Crippen molar-refractivity contribution in [2.45, 2.75) is 6.04 Å². The number of nitrogens with zero attached hydrogens (tertiary/aromatic N) is 1. The van der Waals surface area contributed by atoms with Crippen LogP contribution in [-0.2, 0) is 4.74 Å². The van der Waals surface area contributed by atoms with Gasteiger partial charge in [0.2, 0.25) is 0 Å². The molecule has 1 atom stereocenters. The number of fused-ring (bicyclic) bond motifs is 1. The zero-order valence-corrected chi connectivity index (χ0v) is 15.4. The Labute approximate surface area is 156 Å². The van der Waals surface area contributed by atoms with E-state index in [0.717, 1.165) is 39.5 Å². The van der Waals surface area contributed by atoms with Gasteiger partial charge in [0, 0.05) is 23.1 Å². The minimum absolute atomic E-state index is 0.0226. The lowest BCUT2D eigenvalue weighted by Gasteiger charge is -2.36. The van der Waals surface area contributed by atoms with E-state index in [1.807, 2.05) is 30.3 Å². The van der Waals surface area contributed by atoms with Crippen LogP contribution < -0.4 is 0 Å². The van der Waals surface area contributed by atoms with Gasteiger partial charge in [0.15, 0.2) is 0 Å². The van der Waals surface area contributed by atoms with Crippen LogP contribution in [-0.4, -0.2) is 36.3 Å². The standard InChI is InChI=1S/C21H20BrNO2/c22-18-8-4-3-7-17(18)21(23-11-13-25-14-12-23)20-16-6-2-1-5-15(16)9-10-19(20)24/h1-10,21,24H,11-14H2. The molecule has 4 heteroatoms. The molecule has 1 fully saturated rings. The lowest BCUT2D eigenvalue weighted by molar-refractivity contribution is 0.0237. The summed E-state index contributed by atoms with van der Waals surface area (Å²) in [7, 11) is 0. The monoisotopic (exact) mass is 397 g/mol. The Bertz CT molecular complexity index is 890. The van der Waals surface area contributed by atoms with Crippen LogP contribution in [0.1, 0.15) is 17.2 Å². The molecule has 1 N–H and O–H groups in total. The predicted molar refractivity (Wildman–Crippen MR) is 104 cm³/mol. The van der Waals surface area contributed by atoms with Gasteiger partial charge < -0.3 is 9.84 Å². The second-order valence-corrected chi connectivity index (χ2v) is 7.15. The molecule has 0 radical (unpaired) electrons. The van der Waals surface area contributed by atoms with Crippen LogP contribution in [0.4, 0.5) is 0 Å². The van der Waals surface area contributed by atoms with Gasteiger partial charge in [0.05, 0.1) is 19.3 Å². The van der Waals surface area contributed by atoms with Crippen molar-refractivity contribution in [2.24, 2.45) is 0 Å². The van der Waals surface area contributed by atoms with Crippen LogP contribution in [0.25, 0.3) is 10.8 Å². The van der Waals surface area contributed by atoms with Crippen molar-refractivity contribution >= 4 is 26.7 Å². The highest BCUT2D eigenvalue weighted by Gasteiger charge is 2.29. The lowest BCUT2D eigenvalue weighted by atomic mass is 9.91. The van der Waals surface area contributed by atoms with E-state index in [-0.39, 0.29) is 6.04 Å². The van der Waals surface area contributed by atoms with E-state index in [1.165, 1.54) is 0 Å². The first-order valence-corrected chi connectivity index (χ1v) is 9.32. The van der Waals surface area contributed by atoms with Crippen LogP contribution in [0.3, 0.4) is 0 Å². The van der Waals surface area contributed by atoms with Gasteiger partial charge in [0.25, 0.3) is 0 Å². The summed E-state index contributed by atoms with van der Waals surface area (Å²) in [4.78, 5) is 2.39. The van der Waals surface area contributed by atoms with Crippen LogP contribution in [0.2, 0.25) is 0 Å². The summed E-state index contributed by atoms with van der Waals surface area (Å²) < 4.78 is 6.61. The summed E-state index contributed by atoms with van der Waals surface area (Å²) in [5.41, 5.74) is 2.13. The van der Waals surface area contributed by atoms with Gasteiger partial charge >= 0.3 is 0 Å². The molecule has 1 aliphatic rings. The number of ether oxygens (including phenoxy) is 1. The van der Waals surface area contributed by atoms with Gasteiger partial charge in [-0.2, -0.15) is 0 Å². The number of halogens is 1. The van der Waals surface area contributed by atoms with Crippen LogP contribution in [0.5, 0.6) is 5.75 Å². The number of phenols is 1. The minimum atomic E-state index is -0.0226. The third kappa shape index (κ3) is 3.17. The maximum absolute atomic E-state index is 10.8. The average molecular weight is 398 g/mol. The number of phenolic OH excluding ortho intramolecular Hbond substituents is 1. The molecule has 3 nitrogen and oxygen atoms in total. The Hall–Kier alpha value is -1.88. The second-order valence-electron chi connectivity index (χ2n) is 6.29. The summed E-state index contributed by atoms with van der Waals surface area (Å²) in [6, 6.07) is 20.3. The molecule has 0 aliphatic carbocycles. The number of hydrogen-bond acceptors (Lipinski definition) is 3. The van der Waals surface area contributed by atoms with E-state index in [4.69, 9.17) is 4.74 Å². The smallest absolute Gasteiger partial charge is 0.121 e. The molecule has 4 rings (SSSR count). The molecule has 1 aliphatic heterocycles. The number of rotatable bonds is 3. The highest BCUT2D eigenvalue weighted by molar-refractivity contribution is 9.10. The third-order valence-electron chi connectivity index (χ3n) is 4.83. The van der Waals surface area contributed by atoms with Gasteiger partial charge in [-0.25, -0.2) is 0 Å². The first-order valence-electron chi connectivity index (χ1n) is 8.52. The van der Waals surface area contributed by atoms with Crippen LogP contribution in [0, 0.1) is 0 Å². The molecule has 0 spiro atoms. The Balaban J connectivity index is 1.95. The molecule has 3 aromatic rings. The molecule has 1 saturated heterocycles. The number of hydrogen-bond donors (Lipinski definition) is 1. The minimum Gasteiger partial charge on any atom is -0.508 e. The predicted octanol–water partition coefficient (Wildman–Crippen LogP) is 4.73. The zero-order valence-electron chi connectivity index (χ0n) is 13.9. The maximum atomic E-state index is 10.8. The van der Waals surface area contributed by atoms with E-state index >= 15 is 0 Å². The fraction of sp³-hybridized carbons (Fsp3) is 0.238. The van der Waals surface area contributed by atoms with E-state index in [2.05, 4.69) is 51.2 Å². The van der Waals surface area contributed by atoms with E-state index in [0.29, 0.717) is 19.0 Å². The van der Waals surface area contributed by atoms with E-state index in [1.54, 1.807) is 0 Å². The Morgan fingerprint density at radius 3 is 2.44 bits per heavy atom. The number of morpholine rings is 1. The fourth-order valence-electron chi connectivity index (χ4n) is 3.64. The summed E-state index contributed by atoms with van der Waals surface area (Å²) in [6.45, 7) is 3.11. The Kier molecular flexibility index (Phi) is 4.75. The largest absolute Gasteiger partial charge is 0.508 e. The molecule has 0 amide bonds. The first kappa shape index (κ1) is 16.6. The summed E-state index contributed by atoms with van der Waals surface area (Å²) in [5, 5.41) is 13.0. The van der Waals surface area contributed by atoms with E-state index < -0.39 is 0 Å². The quantitative estimate of drug-likeness (QED) is 0.693. The molecular weight excluding hydrogens is 378 g/mol. The van der Waals surface area contributed by atoms with Gasteiger partial charge in [-0.1, -0.05) is 64.5 Å². The second kappa shape index (κ2) is 7.16. The molecule has 0 bridgehead atoms. The maximum Gasteiger partial charge on any atom is 0.121 e. The highest BCUT2D eigenvalue weighted by Crippen LogP contribution is 2.41. The zero-order chi connectivity index (χ0) is 17.2. The van der Waals surface area contributed by atoms with Gasteiger partial charge in [-0.3, -0.25) is 4.90 Å². The molecule has 0 saturated carbocycles. The van der Waals surface area contributed by atoms with E-state index in [9.17, 15) is 5.11 Å². The SMILES string of the molecule is Oc1ccc2ccccc2c1C(c1ccccc1Br)N1CCOCC1. The van der Waals surface area contributed by atoms with Gasteiger partial charge in [0.1, 0.15) is 5.75 Å². The normalized spacial score (nSPS) is 16.8. The molecular formula is C21H20BrNO2. The van der Waals surface area contributed by atoms with Crippen molar-refractivity contribution in [2.75, 3.05) is 26.3 Å². The molecule has 3 aromatic carbocycles.